The number of aromatic nitrogens is 2. The number of hydrogen-bond donors (Lipinski definition) is 1. The lowest BCUT2D eigenvalue weighted by Gasteiger charge is -2.12. The van der Waals surface area contributed by atoms with Gasteiger partial charge < -0.3 is 10.1 Å². The summed E-state index contributed by atoms with van der Waals surface area (Å²) in [6, 6.07) is 0. The Hall–Kier alpha value is -1.32. The van der Waals surface area contributed by atoms with Crippen molar-refractivity contribution in [2.45, 2.75) is 39.5 Å². The Morgan fingerprint density at radius 1 is 1.35 bits per heavy atom. The van der Waals surface area contributed by atoms with E-state index >= 15 is 0 Å². The van der Waals surface area contributed by atoms with Crippen molar-refractivity contribution >= 4 is 5.82 Å². The number of aryl methyl sites for hydroxylation is 1. The maximum atomic E-state index is 5.80. The van der Waals surface area contributed by atoms with Crippen LogP contribution in [0.4, 0.5) is 5.82 Å². The van der Waals surface area contributed by atoms with E-state index in [4.69, 9.17) is 4.74 Å². The van der Waals surface area contributed by atoms with Gasteiger partial charge in [0.05, 0.1) is 12.2 Å². The fraction of sp³-hybridized carbons (Fsp3) is 0.692. The molecule has 2 rings (SSSR count). The standard InChI is InChI=1S/C13H21N3O/c1-4-5-11-15-12(14-3)9(2)13(16-11)17-8-10-6-7-10/h10H,4-8H2,1-3H3,(H,14,15,16). The maximum absolute atomic E-state index is 5.80. The van der Waals surface area contributed by atoms with E-state index in [1.54, 1.807) is 0 Å². The summed E-state index contributed by atoms with van der Waals surface area (Å²) in [6.45, 7) is 4.93. The summed E-state index contributed by atoms with van der Waals surface area (Å²) in [4.78, 5) is 8.98. The van der Waals surface area contributed by atoms with Crippen LogP contribution >= 0.6 is 0 Å². The summed E-state index contributed by atoms with van der Waals surface area (Å²) in [5.74, 6) is 3.25. The Morgan fingerprint density at radius 2 is 2.12 bits per heavy atom. The van der Waals surface area contributed by atoms with Crippen molar-refractivity contribution in [2.75, 3.05) is 19.0 Å². The van der Waals surface area contributed by atoms with Crippen LogP contribution < -0.4 is 10.1 Å². The van der Waals surface area contributed by atoms with Crippen LogP contribution in [0.3, 0.4) is 0 Å². The van der Waals surface area contributed by atoms with Gasteiger partial charge in [0, 0.05) is 13.5 Å². The monoisotopic (exact) mass is 235 g/mol. The molecule has 17 heavy (non-hydrogen) atoms. The third-order valence-electron chi connectivity index (χ3n) is 3.01. The van der Waals surface area contributed by atoms with Gasteiger partial charge in [-0.2, -0.15) is 4.98 Å². The fourth-order valence-corrected chi connectivity index (χ4v) is 1.74. The number of anilines is 1. The Morgan fingerprint density at radius 3 is 2.71 bits per heavy atom. The molecule has 4 heteroatoms. The molecule has 0 spiro atoms. The minimum Gasteiger partial charge on any atom is -0.477 e. The number of rotatable bonds is 6. The number of nitrogens with zero attached hydrogens (tertiary/aromatic N) is 2. The van der Waals surface area contributed by atoms with Gasteiger partial charge in [0.25, 0.3) is 0 Å². The first kappa shape index (κ1) is 12.1. The van der Waals surface area contributed by atoms with Crippen LogP contribution in [0, 0.1) is 12.8 Å². The summed E-state index contributed by atoms with van der Waals surface area (Å²) in [5.41, 5.74) is 1.01. The largest absolute Gasteiger partial charge is 0.477 e. The Labute approximate surface area is 103 Å². The van der Waals surface area contributed by atoms with Gasteiger partial charge >= 0.3 is 0 Å². The molecular formula is C13H21N3O. The Balaban J connectivity index is 2.16. The molecule has 1 saturated carbocycles. The molecule has 1 aliphatic rings. The normalized spacial score (nSPS) is 14.8. The third kappa shape index (κ3) is 3.08. The van der Waals surface area contributed by atoms with Crippen LogP contribution in [0.5, 0.6) is 5.88 Å². The molecule has 1 N–H and O–H groups in total. The third-order valence-corrected chi connectivity index (χ3v) is 3.01. The van der Waals surface area contributed by atoms with Crippen molar-refractivity contribution in [1.82, 2.24) is 9.97 Å². The molecule has 0 atom stereocenters. The molecule has 0 aromatic carbocycles. The first-order valence-electron chi connectivity index (χ1n) is 6.42. The van der Waals surface area contributed by atoms with Crippen LogP contribution in [0.15, 0.2) is 0 Å². The van der Waals surface area contributed by atoms with Gasteiger partial charge in [-0.25, -0.2) is 4.98 Å². The van der Waals surface area contributed by atoms with Crippen LogP contribution in [0.2, 0.25) is 0 Å². The predicted octanol–water partition coefficient (Wildman–Crippen LogP) is 2.57. The zero-order valence-corrected chi connectivity index (χ0v) is 10.9. The molecule has 1 heterocycles. The molecule has 0 bridgehead atoms. The van der Waals surface area contributed by atoms with Gasteiger partial charge in [0.1, 0.15) is 11.6 Å². The van der Waals surface area contributed by atoms with Gasteiger partial charge in [-0.05, 0) is 32.1 Å². The molecule has 1 aliphatic carbocycles. The number of ether oxygens (including phenoxy) is 1. The van der Waals surface area contributed by atoms with Gasteiger partial charge in [-0.15, -0.1) is 0 Å². The highest BCUT2D eigenvalue weighted by Gasteiger charge is 2.23. The molecule has 1 aromatic heterocycles. The summed E-state index contributed by atoms with van der Waals surface area (Å²) < 4.78 is 5.80. The van der Waals surface area contributed by atoms with E-state index in [0.29, 0.717) is 0 Å². The average molecular weight is 235 g/mol. The molecule has 0 amide bonds. The molecule has 1 aromatic rings. The van der Waals surface area contributed by atoms with E-state index in [1.807, 2.05) is 14.0 Å². The minimum atomic E-state index is 0.747. The zero-order valence-electron chi connectivity index (χ0n) is 10.9. The van der Waals surface area contributed by atoms with Crippen LogP contribution in [-0.4, -0.2) is 23.6 Å². The zero-order chi connectivity index (χ0) is 12.3. The number of hydrogen-bond acceptors (Lipinski definition) is 4. The van der Waals surface area contributed by atoms with Gasteiger partial charge in [0.2, 0.25) is 5.88 Å². The van der Waals surface area contributed by atoms with Crippen LogP contribution in [0.25, 0.3) is 0 Å². The highest BCUT2D eigenvalue weighted by molar-refractivity contribution is 5.48. The summed E-state index contributed by atoms with van der Waals surface area (Å²) in [7, 11) is 1.88. The van der Waals surface area contributed by atoms with Crippen LogP contribution in [0.1, 0.15) is 37.6 Å². The fourth-order valence-electron chi connectivity index (χ4n) is 1.74. The molecule has 0 saturated heterocycles. The molecule has 4 nitrogen and oxygen atoms in total. The lowest BCUT2D eigenvalue weighted by Crippen LogP contribution is -2.08. The lowest BCUT2D eigenvalue weighted by atomic mass is 10.3. The Bertz CT molecular complexity index is 388. The maximum Gasteiger partial charge on any atom is 0.221 e. The van der Waals surface area contributed by atoms with Crippen LogP contribution in [-0.2, 0) is 6.42 Å². The molecule has 0 aliphatic heterocycles. The van der Waals surface area contributed by atoms with Crippen molar-refractivity contribution in [2.24, 2.45) is 5.92 Å². The summed E-state index contributed by atoms with van der Waals surface area (Å²) in [6.07, 6.45) is 4.54. The van der Waals surface area contributed by atoms with E-state index in [9.17, 15) is 0 Å². The quantitative estimate of drug-likeness (QED) is 0.823. The minimum absolute atomic E-state index is 0.747. The topological polar surface area (TPSA) is 47.0 Å². The second-order valence-electron chi connectivity index (χ2n) is 4.67. The smallest absolute Gasteiger partial charge is 0.221 e. The second kappa shape index (κ2) is 5.34. The average Bonchev–Trinajstić information content (AvgIpc) is 3.13. The summed E-state index contributed by atoms with van der Waals surface area (Å²) >= 11 is 0. The van der Waals surface area contributed by atoms with E-state index in [2.05, 4.69) is 22.2 Å². The molecule has 0 radical (unpaired) electrons. The molecule has 1 fully saturated rings. The van der Waals surface area contributed by atoms with Crippen molar-refractivity contribution in [3.63, 3.8) is 0 Å². The first-order chi connectivity index (χ1) is 8.24. The summed E-state index contributed by atoms with van der Waals surface area (Å²) in [5, 5.41) is 3.11. The first-order valence-corrected chi connectivity index (χ1v) is 6.42. The van der Waals surface area contributed by atoms with E-state index < -0.39 is 0 Å². The van der Waals surface area contributed by atoms with Crippen molar-refractivity contribution in [3.8, 4) is 5.88 Å². The van der Waals surface area contributed by atoms with E-state index in [-0.39, 0.29) is 0 Å². The Kier molecular flexibility index (Phi) is 3.82. The highest BCUT2D eigenvalue weighted by Crippen LogP contribution is 2.30. The molecule has 0 unspecified atom stereocenters. The van der Waals surface area contributed by atoms with Gasteiger partial charge in [-0.1, -0.05) is 6.92 Å². The molecule has 94 valence electrons. The second-order valence-corrected chi connectivity index (χ2v) is 4.67. The van der Waals surface area contributed by atoms with Gasteiger partial charge in [0.15, 0.2) is 0 Å². The van der Waals surface area contributed by atoms with Crippen molar-refractivity contribution < 1.29 is 4.74 Å². The van der Waals surface area contributed by atoms with Crippen molar-refractivity contribution in [1.29, 1.82) is 0 Å². The molecular weight excluding hydrogens is 214 g/mol. The van der Waals surface area contributed by atoms with E-state index in [1.165, 1.54) is 12.8 Å². The van der Waals surface area contributed by atoms with E-state index in [0.717, 1.165) is 48.5 Å². The van der Waals surface area contributed by atoms with Gasteiger partial charge in [-0.3, -0.25) is 0 Å². The predicted molar refractivity (Wildman–Crippen MR) is 68.5 cm³/mol. The highest BCUT2D eigenvalue weighted by atomic mass is 16.5. The number of nitrogens with one attached hydrogen (secondary N) is 1. The lowest BCUT2D eigenvalue weighted by molar-refractivity contribution is 0.285. The SMILES string of the molecule is CCCc1nc(NC)c(C)c(OCC2CC2)n1. The van der Waals surface area contributed by atoms with Crippen molar-refractivity contribution in [3.05, 3.63) is 11.4 Å².